The maximum absolute atomic E-state index is 12.3. The van der Waals surface area contributed by atoms with Crippen LogP contribution in [0.5, 0.6) is 0 Å². The van der Waals surface area contributed by atoms with Crippen LogP contribution in [0.3, 0.4) is 0 Å². The van der Waals surface area contributed by atoms with Crippen molar-refractivity contribution >= 4 is 6.03 Å². The normalized spacial score (nSPS) is 19.0. The lowest BCUT2D eigenvalue weighted by atomic mass is 9.79. The van der Waals surface area contributed by atoms with Crippen LogP contribution < -0.4 is 5.32 Å². The number of hydrogen-bond donors (Lipinski definition) is 1. The Morgan fingerprint density at radius 1 is 1.04 bits per heavy atom. The predicted octanol–water partition coefficient (Wildman–Crippen LogP) is 2.50. The SMILES string of the molecule is O=C(NCc1ccccc1)N1CC2(CCN(Cc3ccncc3)C2)C1. The van der Waals surface area contributed by atoms with E-state index in [1.807, 2.05) is 47.6 Å². The third-order valence-electron chi connectivity index (χ3n) is 5.30. The Hall–Kier alpha value is -2.40. The number of nitrogens with one attached hydrogen (secondary N) is 1. The van der Waals surface area contributed by atoms with E-state index in [9.17, 15) is 4.79 Å². The molecule has 2 aliphatic rings. The van der Waals surface area contributed by atoms with E-state index < -0.39 is 0 Å². The highest BCUT2D eigenvalue weighted by Gasteiger charge is 2.49. The topological polar surface area (TPSA) is 48.5 Å². The molecule has 2 fully saturated rings. The summed E-state index contributed by atoms with van der Waals surface area (Å²) < 4.78 is 0. The zero-order valence-electron chi connectivity index (χ0n) is 14.4. The molecule has 2 saturated heterocycles. The third kappa shape index (κ3) is 3.66. The molecule has 130 valence electrons. The minimum Gasteiger partial charge on any atom is -0.334 e. The molecule has 0 aliphatic carbocycles. The molecule has 0 saturated carbocycles. The predicted molar refractivity (Wildman–Crippen MR) is 96.8 cm³/mol. The van der Waals surface area contributed by atoms with E-state index in [1.54, 1.807) is 0 Å². The molecule has 5 nitrogen and oxygen atoms in total. The van der Waals surface area contributed by atoms with Gasteiger partial charge in [0.2, 0.25) is 0 Å². The number of carbonyl (C=O) groups is 1. The number of amides is 2. The number of aromatic nitrogens is 1. The number of pyridine rings is 1. The number of benzene rings is 1. The zero-order valence-corrected chi connectivity index (χ0v) is 14.4. The molecule has 0 atom stereocenters. The lowest BCUT2D eigenvalue weighted by molar-refractivity contribution is 0.0378. The van der Waals surface area contributed by atoms with Gasteiger partial charge in [0.05, 0.1) is 0 Å². The number of rotatable bonds is 4. The highest BCUT2D eigenvalue weighted by Crippen LogP contribution is 2.39. The van der Waals surface area contributed by atoms with Crippen molar-refractivity contribution in [1.82, 2.24) is 20.1 Å². The Morgan fingerprint density at radius 3 is 2.56 bits per heavy atom. The second-order valence-corrected chi connectivity index (χ2v) is 7.32. The second kappa shape index (κ2) is 6.84. The fourth-order valence-electron chi connectivity index (χ4n) is 3.96. The molecule has 2 aliphatic heterocycles. The molecule has 25 heavy (non-hydrogen) atoms. The molecule has 5 heteroatoms. The van der Waals surface area contributed by atoms with Gasteiger partial charge in [0.1, 0.15) is 0 Å². The fourth-order valence-corrected chi connectivity index (χ4v) is 3.96. The first kappa shape index (κ1) is 16.1. The lowest BCUT2D eigenvalue weighted by Crippen LogP contribution is -2.61. The van der Waals surface area contributed by atoms with Crippen LogP contribution in [0.4, 0.5) is 4.79 Å². The Morgan fingerprint density at radius 2 is 1.80 bits per heavy atom. The third-order valence-corrected chi connectivity index (χ3v) is 5.30. The fraction of sp³-hybridized carbons (Fsp3) is 0.400. The van der Waals surface area contributed by atoms with Crippen LogP contribution >= 0.6 is 0 Å². The molecule has 0 bridgehead atoms. The maximum Gasteiger partial charge on any atom is 0.317 e. The molecule has 1 aromatic heterocycles. The van der Waals surface area contributed by atoms with Crippen molar-refractivity contribution in [1.29, 1.82) is 0 Å². The van der Waals surface area contributed by atoms with Crippen LogP contribution in [0.15, 0.2) is 54.9 Å². The molecule has 2 amide bonds. The number of hydrogen-bond acceptors (Lipinski definition) is 3. The highest BCUT2D eigenvalue weighted by atomic mass is 16.2. The summed E-state index contributed by atoms with van der Waals surface area (Å²) in [7, 11) is 0. The van der Waals surface area contributed by atoms with Gasteiger partial charge in [-0.1, -0.05) is 30.3 Å². The molecule has 0 unspecified atom stereocenters. The van der Waals surface area contributed by atoms with E-state index in [0.717, 1.165) is 38.3 Å². The summed E-state index contributed by atoms with van der Waals surface area (Å²) in [5.41, 5.74) is 2.75. The Balaban J connectivity index is 1.24. The summed E-state index contributed by atoms with van der Waals surface area (Å²) in [6, 6.07) is 14.3. The van der Waals surface area contributed by atoms with Gasteiger partial charge in [0.15, 0.2) is 0 Å². The Bertz CT molecular complexity index is 713. The number of urea groups is 1. The van der Waals surface area contributed by atoms with Crippen molar-refractivity contribution in [3.05, 3.63) is 66.0 Å². The molecule has 1 aromatic carbocycles. The summed E-state index contributed by atoms with van der Waals surface area (Å²) in [4.78, 5) is 20.8. The van der Waals surface area contributed by atoms with Gasteiger partial charge in [-0.3, -0.25) is 9.88 Å². The summed E-state index contributed by atoms with van der Waals surface area (Å²) in [5.74, 6) is 0. The molecular formula is C20H24N4O. The van der Waals surface area contributed by atoms with E-state index in [4.69, 9.17) is 0 Å². The number of likely N-dealkylation sites (tertiary alicyclic amines) is 2. The number of nitrogens with zero attached hydrogens (tertiary/aromatic N) is 3. The molecule has 1 spiro atoms. The van der Waals surface area contributed by atoms with E-state index in [-0.39, 0.29) is 6.03 Å². The average molecular weight is 336 g/mol. The van der Waals surface area contributed by atoms with Crippen LogP contribution in [-0.4, -0.2) is 47.0 Å². The highest BCUT2D eigenvalue weighted by molar-refractivity contribution is 5.75. The summed E-state index contributed by atoms with van der Waals surface area (Å²) in [6.45, 7) is 5.52. The number of carbonyl (C=O) groups excluding carboxylic acids is 1. The van der Waals surface area contributed by atoms with Crippen molar-refractivity contribution < 1.29 is 4.79 Å². The summed E-state index contributed by atoms with van der Waals surface area (Å²) in [5, 5.41) is 3.02. The summed E-state index contributed by atoms with van der Waals surface area (Å²) in [6.07, 6.45) is 4.88. The van der Waals surface area contributed by atoms with Crippen LogP contribution in [0.25, 0.3) is 0 Å². The van der Waals surface area contributed by atoms with E-state index in [1.165, 1.54) is 12.0 Å². The molecule has 0 radical (unpaired) electrons. The van der Waals surface area contributed by atoms with Crippen molar-refractivity contribution in [3.8, 4) is 0 Å². The minimum absolute atomic E-state index is 0.0575. The first-order valence-corrected chi connectivity index (χ1v) is 8.90. The van der Waals surface area contributed by atoms with E-state index >= 15 is 0 Å². The van der Waals surface area contributed by atoms with Crippen molar-refractivity contribution in [3.63, 3.8) is 0 Å². The molecule has 4 rings (SSSR count). The average Bonchev–Trinajstić information content (AvgIpc) is 3.04. The monoisotopic (exact) mass is 336 g/mol. The van der Waals surface area contributed by atoms with Gasteiger partial charge in [0.25, 0.3) is 0 Å². The second-order valence-electron chi connectivity index (χ2n) is 7.32. The summed E-state index contributed by atoms with van der Waals surface area (Å²) >= 11 is 0. The maximum atomic E-state index is 12.3. The van der Waals surface area contributed by atoms with Gasteiger partial charge in [-0.05, 0) is 36.2 Å². The minimum atomic E-state index is 0.0575. The van der Waals surface area contributed by atoms with Crippen molar-refractivity contribution in [2.45, 2.75) is 19.5 Å². The molecule has 3 heterocycles. The van der Waals surface area contributed by atoms with Gasteiger partial charge in [-0.2, -0.15) is 0 Å². The van der Waals surface area contributed by atoms with Gasteiger partial charge >= 0.3 is 6.03 Å². The first-order chi connectivity index (χ1) is 12.2. The van der Waals surface area contributed by atoms with Crippen molar-refractivity contribution in [2.24, 2.45) is 5.41 Å². The van der Waals surface area contributed by atoms with Gasteiger partial charge in [0, 0.05) is 50.5 Å². The smallest absolute Gasteiger partial charge is 0.317 e. The molecular weight excluding hydrogens is 312 g/mol. The molecule has 1 N–H and O–H groups in total. The first-order valence-electron chi connectivity index (χ1n) is 8.90. The van der Waals surface area contributed by atoms with E-state index in [2.05, 4.69) is 27.3 Å². The van der Waals surface area contributed by atoms with Crippen molar-refractivity contribution in [2.75, 3.05) is 26.2 Å². The van der Waals surface area contributed by atoms with Crippen LogP contribution in [-0.2, 0) is 13.1 Å². The van der Waals surface area contributed by atoms with Crippen LogP contribution in [0.1, 0.15) is 17.5 Å². The van der Waals surface area contributed by atoms with Gasteiger partial charge in [-0.25, -0.2) is 4.79 Å². The largest absolute Gasteiger partial charge is 0.334 e. The standard InChI is InChI=1S/C20H24N4O/c25-19(22-12-17-4-2-1-3-5-17)24-15-20(16-24)8-11-23(14-20)13-18-6-9-21-10-7-18/h1-7,9-10H,8,11-16H2,(H,22,25). The van der Waals surface area contributed by atoms with Gasteiger partial charge < -0.3 is 10.2 Å². The van der Waals surface area contributed by atoms with Crippen LogP contribution in [0, 0.1) is 5.41 Å². The quantitative estimate of drug-likeness (QED) is 0.933. The van der Waals surface area contributed by atoms with Crippen LogP contribution in [0.2, 0.25) is 0 Å². The lowest BCUT2D eigenvalue weighted by Gasteiger charge is -2.48. The Kier molecular flexibility index (Phi) is 4.40. The van der Waals surface area contributed by atoms with Gasteiger partial charge in [-0.15, -0.1) is 0 Å². The molecule has 2 aromatic rings. The van der Waals surface area contributed by atoms with E-state index in [0.29, 0.717) is 12.0 Å². The Labute approximate surface area is 148 Å². The zero-order chi connectivity index (χ0) is 17.1.